The molecule has 0 atom stereocenters. The highest BCUT2D eigenvalue weighted by atomic mass is 35.5. The molecule has 0 amide bonds. The highest BCUT2D eigenvalue weighted by Crippen LogP contribution is 2.40. The number of likely N-dealkylation sites (tertiary alicyclic amines) is 1. The lowest BCUT2D eigenvalue weighted by Crippen LogP contribution is -2.32. The van der Waals surface area contributed by atoms with Crippen LogP contribution < -0.4 is 14.2 Å². The summed E-state index contributed by atoms with van der Waals surface area (Å²) in [6.07, 6.45) is 5.24. The van der Waals surface area contributed by atoms with Crippen LogP contribution in [0.1, 0.15) is 25.7 Å². The van der Waals surface area contributed by atoms with E-state index >= 15 is 0 Å². The van der Waals surface area contributed by atoms with Crippen molar-refractivity contribution in [3.63, 3.8) is 0 Å². The molecule has 5 rings (SSSR count). The molecule has 35 heavy (non-hydrogen) atoms. The Morgan fingerprint density at radius 1 is 1.06 bits per heavy atom. The van der Waals surface area contributed by atoms with Gasteiger partial charge in [-0.2, -0.15) is 0 Å². The molecule has 9 heteroatoms. The van der Waals surface area contributed by atoms with E-state index in [0.717, 1.165) is 38.8 Å². The molecule has 0 bridgehead atoms. The van der Waals surface area contributed by atoms with Crippen LogP contribution in [-0.2, 0) is 4.74 Å². The van der Waals surface area contributed by atoms with Crippen LogP contribution in [0, 0.1) is 11.7 Å². The molecule has 3 heterocycles. The van der Waals surface area contributed by atoms with Gasteiger partial charge in [0.1, 0.15) is 40.9 Å². The van der Waals surface area contributed by atoms with E-state index in [0.29, 0.717) is 53.9 Å². The number of ether oxygens (including phenoxy) is 4. The zero-order valence-electron chi connectivity index (χ0n) is 19.7. The Kier molecular flexibility index (Phi) is 7.51. The van der Waals surface area contributed by atoms with E-state index in [1.54, 1.807) is 0 Å². The fraction of sp³-hybridized carbons (Fsp3) is 0.462. The maximum absolute atomic E-state index is 13.5. The normalized spacial score (nSPS) is 18.0. The first-order chi connectivity index (χ1) is 17.0. The predicted octanol–water partition coefficient (Wildman–Crippen LogP) is 5.49. The molecule has 2 aliphatic heterocycles. The number of rotatable bonds is 7. The van der Waals surface area contributed by atoms with E-state index in [9.17, 15) is 4.39 Å². The third-order valence-corrected chi connectivity index (χ3v) is 6.82. The number of nitrogens with zero attached hydrogens (tertiary/aromatic N) is 3. The number of aromatic nitrogens is 2. The SMILES string of the molecule is CN1CCC(COc2cc(OC3CCOCC3)c3c(Oc4ccc(F)cc4Cl)ncnc3c2)CC1. The third kappa shape index (κ3) is 5.94. The second-order valence-electron chi connectivity index (χ2n) is 9.16. The van der Waals surface area contributed by atoms with Crippen molar-refractivity contribution in [1.82, 2.24) is 14.9 Å². The van der Waals surface area contributed by atoms with Gasteiger partial charge >= 0.3 is 0 Å². The lowest BCUT2D eigenvalue weighted by atomic mass is 9.98. The van der Waals surface area contributed by atoms with Crippen molar-refractivity contribution in [1.29, 1.82) is 0 Å². The zero-order chi connectivity index (χ0) is 24.2. The van der Waals surface area contributed by atoms with Crippen molar-refractivity contribution in [3.05, 3.63) is 47.5 Å². The minimum absolute atomic E-state index is 0.00135. The molecule has 0 radical (unpaired) electrons. The molecule has 0 N–H and O–H groups in total. The minimum Gasteiger partial charge on any atom is -0.493 e. The Morgan fingerprint density at radius 3 is 2.63 bits per heavy atom. The van der Waals surface area contributed by atoms with Crippen molar-refractivity contribution in [2.45, 2.75) is 31.8 Å². The van der Waals surface area contributed by atoms with Gasteiger partial charge in [0.2, 0.25) is 5.88 Å². The lowest BCUT2D eigenvalue weighted by molar-refractivity contribution is 0.0260. The summed E-state index contributed by atoms with van der Waals surface area (Å²) in [4.78, 5) is 11.1. The summed E-state index contributed by atoms with van der Waals surface area (Å²) in [6, 6.07) is 7.73. The topological polar surface area (TPSA) is 65.9 Å². The van der Waals surface area contributed by atoms with Crippen LogP contribution in [0.3, 0.4) is 0 Å². The Bertz CT molecular complexity index is 1170. The van der Waals surface area contributed by atoms with Crippen LogP contribution in [-0.4, -0.2) is 60.9 Å². The first-order valence-corrected chi connectivity index (χ1v) is 12.4. The van der Waals surface area contributed by atoms with Crippen LogP contribution in [0.5, 0.6) is 23.1 Å². The van der Waals surface area contributed by atoms with Crippen LogP contribution in [0.4, 0.5) is 4.39 Å². The molecule has 0 spiro atoms. The van der Waals surface area contributed by atoms with Gasteiger partial charge in [0.05, 0.1) is 30.4 Å². The Labute approximate surface area is 209 Å². The number of halogens is 2. The summed E-state index contributed by atoms with van der Waals surface area (Å²) >= 11 is 6.20. The molecule has 186 valence electrons. The average Bonchev–Trinajstić information content (AvgIpc) is 2.86. The van der Waals surface area contributed by atoms with Gasteiger partial charge in [-0.15, -0.1) is 0 Å². The molecule has 2 aliphatic rings. The van der Waals surface area contributed by atoms with Crippen LogP contribution in [0.25, 0.3) is 10.9 Å². The maximum atomic E-state index is 13.5. The van der Waals surface area contributed by atoms with Gasteiger partial charge in [0.15, 0.2) is 0 Å². The van der Waals surface area contributed by atoms with Gasteiger partial charge in [-0.05, 0) is 57.1 Å². The summed E-state index contributed by atoms with van der Waals surface area (Å²) in [5.74, 6) is 1.95. The molecule has 0 unspecified atom stereocenters. The summed E-state index contributed by atoms with van der Waals surface area (Å²) < 4.78 is 37.7. The molecule has 2 aromatic carbocycles. The number of hydrogen-bond donors (Lipinski definition) is 0. The minimum atomic E-state index is -0.440. The van der Waals surface area contributed by atoms with Crippen molar-refractivity contribution in [2.24, 2.45) is 5.92 Å². The third-order valence-electron chi connectivity index (χ3n) is 6.53. The standard InChI is InChI=1S/C26H29ClFN3O4/c1-31-8-4-17(5-9-31)15-33-20-13-22-25(24(14-20)34-19-6-10-32-11-7-19)26(30-16-29-22)35-23-3-2-18(28)12-21(23)27/h2-3,12-14,16-17,19H,4-11,15H2,1H3. The van der Waals surface area contributed by atoms with Gasteiger partial charge < -0.3 is 23.8 Å². The summed E-state index contributed by atoms with van der Waals surface area (Å²) in [6.45, 7) is 4.13. The largest absolute Gasteiger partial charge is 0.493 e. The molecular weight excluding hydrogens is 473 g/mol. The van der Waals surface area contributed by atoms with Crippen molar-refractivity contribution >= 4 is 22.5 Å². The predicted molar refractivity (Wildman–Crippen MR) is 131 cm³/mol. The van der Waals surface area contributed by atoms with E-state index < -0.39 is 5.82 Å². The fourth-order valence-electron chi connectivity index (χ4n) is 4.43. The number of hydrogen-bond acceptors (Lipinski definition) is 7. The summed E-state index contributed by atoms with van der Waals surface area (Å²) in [5, 5.41) is 0.771. The molecule has 1 aromatic heterocycles. The van der Waals surface area contributed by atoms with Crippen molar-refractivity contribution in [3.8, 4) is 23.1 Å². The molecule has 3 aromatic rings. The second kappa shape index (κ2) is 10.9. The van der Waals surface area contributed by atoms with Crippen LogP contribution in [0.2, 0.25) is 5.02 Å². The Morgan fingerprint density at radius 2 is 1.86 bits per heavy atom. The zero-order valence-corrected chi connectivity index (χ0v) is 20.5. The lowest BCUT2D eigenvalue weighted by Gasteiger charge is -2.29. The first-order valence-electron chi connectivity index (χ1n) is 12.0. The quantitative estimate of drug-likeness (QED) is 0.424. The number of piperidine rings is 1. The highest BCUT2D eigenvalue weighted by molar-refractivity contribution is 6.32. The number of fused-ring (bicyclic) bond motifs is 1. The smallest absolute Gasteiger partial charge is 0.234 e. The maximum Gasteiger partial charge on any atom is 0.234 e. The van der Waals surface area contributed by atoms with Crippen molar-refractivity contribution < 1.29 is 23.3 Å². The van der Waals surface area contributed by atoms with E-state index in [-0.39, 0.29) is 17.0 Å². The highest BCUT2D eigenvalue weighted by Gasteiger charge is 2.22. The van der Waals surface area contributed by atoms with Gasteiger partial charge in [0.25, 0.3) is 0 Å². The van der Waals surface area contributed by atoms with Gasteiger partial charge in [-0.25, -0.2) is 14.4 Å². The molecule has 0 saturated carbocycles. The van der Waals surface area contributed by atoms with E-state index in [1.807, 2.05) is 12.1 Å². The Hall–Kier alpha value is -2.68. The average molecular weight is 502 g/mol. The molecule has 0 aliphatic carbocycles. The molecule has 2 fully saturated rings. The molecular formula is C26H29ClFN3O4. The first kappa shape index (κ1) is 24.0. The van der Waals surface area contributed by atoms with E-state index in [1.165, 1.54) is 24.5 Å². The van der Waals surface area contributed by atoms with Gasteiger partial charge in [-0.1, -0.05) is 11.6 Å². The van der Waals surface area contributed by atoms with Crippen LogP contribution >= 0.6 is 11.6 Å². The van der Waals surface area contributed by atoms with Crippen LogP contribution in [0.15, 0.2) is 36.7 Å². The summed E-state index contributed by atoms with van der Waals surface area (Å²) in [7, 11) is 2.15. The van der Waals surface area contributed by atoms with Crippen molar-refractivity contribution in [2.75, 3.05) is 40.0 Å². The van der Waals surface area contributed by atoms with Gasteiger partial charge in [-0.3, -0.25) is 0 Å². The van der Waals surface area contributed by atoms with E-state index in [2.05, 4.69) is 21.9 Å². The van der Waals surface area contributed by atoms with Gasteiger partial charge in [0, 0.05) is 25.0 Å². The molecule has 7 nitrogen and oxygen atoms in total. The molecule has 2 saturated heterocycles. The summed E-state index contributed by atoms with van der Waals surface area (Å²) in [5.41, 5.74) is 0.635. The second-order valence-corrected chi connectivity index (χ2v) is 9.57. The monoisotopic (exact) mass is 501 g/mol. The number of benzene rings is 2. The fourth-order valence-corrected chi connectivity index (χ4v) is 4.64. The van der Waals surface area contributed by atoms with E-state index in [4.69, 9.17) is 30.5 Å². The Balaban J connectivity index is 1.45.